The molecule has 0 saturated carbocycles. The molecule has 0 aliphatic rings. The number of aromatic nitrogens is 2. The minimum Gasteiger partial charge on any atom is -0.447 e. The van der Waals surface area contributed by atoms with Crippen LogP contribution in [0, 0.1) is 10.1 Å². The number of amides is 2. The molecule has 2 rings (SSSR count). The Morgan fingerprint density at radius 3 is 2.62 bits per heavy atom. The first-order valence-corrected chi connectivity index (χ1v) is 7.48. The molecule has 0 atom stereocenters. The predicted octanol–water partition coefficient (Wildman–Crippen LogP) is 1.62. The molecule has 1 aromatic carbocycles. The van der Waals surface area contributed by atoms with Gasteiger partial charge in [0.1, 0.15) is 13.2 Å². The van der Waals surface area contributed by atoms with Gasteiger partial charge in [0.25, 0.3) is 0 Å². The molecule has 26 heavy (non-hydrogen) atoms. The first-order chi connectivity index (χ1) is 12.5. The number of ether oxygens (including phenoxy) is 2. The van der Waals surface area contributed by atoms with Crippen molar-refractivity contribution in [1.29, 1.82) is 0 Å². The number of carbonyl (C=O) groups is 2. The van der Waals surface area contributed by atoms with E-state index in [0.717, 1.165) is 4.68 Å². The molecular weight excluding hydrogens is 346 g/mol. The highest BCUT2D eigenvalue weighted by Gasteiger charge is 2.13. The van der Waals surface area contributed by atoms with Crippen LogP contribution < -0.4 is 10.6 Å². The van der Waals surface area contributed by atoms with E-state index in [1.54, 1.807) is 24.3 Å². The van der Waals surface area contributed by atoms with Crippen molar-refractivity contribution in [2.75, 3.05) is 31.0 Å². The van der Waals surface area contributed by atoms with Crippen molar-refractivity contribution in [3.8, 4) is 0 Å². The van der Waals surface area contributed by atoms with Gasteiger partial charge in [-0.05, 0) is 23.1 Å². The standard InChI is InChI=1S/C15H17N5O6/c1-25-7-8-26-15(22)17-12-4-2-3-11(9-12)16-14(21)10-19-6-5-13(18-19)20(23)24/h2-6,9H,7-8,10H2,1H3,(H,16,21)(H,17,22). The quantitative estimate of drug-likeness (QED) is 0.413. The first kappa shape index (κ1) is 18.9. The SMILES string of the molecule is COCCOC(=O)Nc1cccc(NC(=O)Cn2ccc([N+](=O)[O-])n2)c1. The number of hydrogen-bond donors (Lipinski definition) is 2. The minimum absolute atomic E-state index is 0.120. The number of carbonyl (C=O) groups excluding carboxylic acids is 2. The van der Waals surface area contributed by atoms with Crippen LogP contribution in [0.2, 0.25) is 0 Å². The fraction of sp³-hybridized carbons (Fsp3) is 0.267. The molecule has 0 fully saturated rings. The molecule has 0 unspecified atom stereocenters. The van der Waals surface area contributed by atoms with Gasteiger partial charge in [-0.2, -0.15) is 4.68 Å². The Morgan fingerprint density at radius 1 is 1.23 bits per heavy atom. The molecular formula is C15H17N5O6. The molecule has 2 aromatic rings. The highest BCUT2D eigenvalue weighted by molar-refractivity contribution is 5.92. The van der Waals surface area contributed by atoms with Crippen molar-refractivity contribution in [3.05, 3.63) is 46.6 Å². The topological polar surface area (TPSA) is 138 Å². The van der Waals surface area contributed by atoms with E-state index < -0.39 is 16.9 Å². The zero-order valence-electron chi connectivity index (χ0n) is 13.9. The van der Waals surface area contributed by atoms with Crippen LogP contribution in [-0.2, 0) is 20.8 Å². The maximum absolute atomic E-state index is 12.0. The summed E-state index contributed by atoms with van der Waals surface area (Å²) in [5, 5.41) is 19.4. The van der Waals surface area contributed by atoms with E-state index in [9.17, 15) is 19.7 Å². The van der Waals surface area contributed by atoms with Crippen LogP contribution in [0.1, 0.15) is 0 Å². The molecule has 0 radical (unpaired) electrons. The molecule has 11 nitrogen and oxygen atoms in total. The van der Waals surface area contributed by atoms with E-state index >= 15 is 0 Å². The number of rotatable bonds is 8. The number of anilines is 2. The van der Waals surface area contributed by atoms with Gasteiger partial charge < -0.3 is 24.9 Å². The molecule has 0 spiro atoms. The summed E-state index contributed by atoms with van der Waals surface area (Å²) < 4.78 is 10.8. The summed E-state index contributed by atoms with van der Waals surface area (Å²) in [5.74, 6) is -0.765. The highest BCUT2D eigenvalue weighted by atomic mass is 16.6. The molecule has 2 amide bonds. The van der Waals surface area contributed by atoms with E-state index in [0.29, 0.717) is 11.4 Å². The van der Waals surface area contributed by atoms with Crippen molar-refractivity contribution < 1.29 is 24.0 Å². The molecule has 2 N–H and O–H groups in total. The van der Waals surface area contributed by atoms with Gasteiger partial charge in [0, 0.05) is 18.5 Å². The summed E-state index contributed by atoms with van der Waals surface area (Å²) in [5.41, 5.74) is 0.867. The van der Waals surface area contributed by atoms with Crippen LogP contribution in [0.5, 0.6) is 0 Å². The second kappa shape index (κ2) is 9.13. The van der Waals surface area contributed by atoms with Gasteiger partial charge >= 0.3 is 11.9 Å². The van der Waals surface area contributed by atoms with Gasteiger partial charge in [0.05, 0.1) is 24.0 Å². The third-order valence-corrected chi connectivity index (χ3v) is 3.03. The molecule has 138 valence electrons. The number of nitrogens with zero attached hydrogens (tertiary/aromatic N) is 3. The largest absolute Gasteiger partial charge is 0.447 e. The highest BCUT2D eigenvalue weighted by Crippen LogP contribution is 2.15. The lowest BCUT2D eigenvalue weighted by Crippen LogP contribution is -2.19. The Balaban J connectivity index is 1.89. The summed E-state index contributed by atoms with van der Waals surface area (Å²) in [4.78, 5) is 33.5. The zero-order chi connectivity index (χ0) is 18.9. The predicted molar refractivity (Wildman–Crippen MR) is 90.8 cm³/mol. The number of hydrogen-bond acceptors (Lipinski definition) is 7. The Hall–Kier alpha value is -3.47. The Kier molecular flexibility index (Phi) is 6.62. The summed E-state index contributed by atoms with van der Waals surface area (Å²) in [6.45, 7) is 0.217. The second-order valence-electron chi connectivity index (χ2n) is 5.01. The third-order valence-electron chi connectivity index (χ3n) is 3.03. The van der Waals surface area contributed by atoms with Crippen LogP contribution >= 0.6 is 0 Å². The van der Waals surface area contributed by atoms with Gasteiger partial charge in [0.15, 0.2) is 0 Å². The van der Waals surface area contributed by atoms with Gasteiger partial charge in [-0.15, -0.1) is 0 Å². The number of nitro groups is 1. The molecule has 1 heterocycles. The summed E-state index contributed by atoms with van der Waals surface area (Å²) >= 11 is 0. The fourth-order valence-electron chi connectivity index (χ4n) is 1.93. The van der Waals surface area contributed by atoms with Gasteiger partial charge in [-0.3, -0.25) is 10.1 Å². The average molecular weight is 363 g/mol. The second-order valence-corrected chi connectivity index (χ2v) is 5.01. The molecule has 0 saturated heterocycles. The smallest absolute Gasteiger partial charge is 0.411 e. The Labute approximate surface area is 148 Å². The lowest BCUT2D eigenvalue weighted by molar-refractivity contribution is -0.389. The maximum atomic E-state index is 12.0. The molecule has 0 aliphatic carbocycles. The van der Waals surface area contributed by atoms with Crippen molar-refractivity contribution in [1.82, 2.24) is 9.78 Å². The lowest BCUT2D eigenvalue weighted by atomic mass is 10.2. The first-order valence-electron chi connectivity index (χ1n) is 7.48. The van der Waals surface area contributed by atoms with Crippen molar-refractivity contribution >= 4 is 29.2 Å². The van der Waals surface area contributed by atoms with Crippen LogP contribution in [0.25, 0.3) is 0 Å². The van der Waals surface area contributed by atoms with Gasteiger partial charge in [0.2, 0.25) is 5.91 Å². The Morgan fingerprint density at radius 2 is 1.96 bits per heavy atom. The molecule has 0 aliphatic heterocycles. The van der Waals surface area contributed by atoms with E-state index in [2.05, 4.69) is 15.7 Å². The normalized spacial score (nSPS) is 10.2. The van der Waals surface area contributed by atoms with Crippen LogP contribution in [0.15, 0.2) is 36.5 Å². The van der Waals surface area contributed by atoms with Crippen molar-refractivity contribution in [2.45, 2.75) is 6.54 Å². The number of nitrogens with one attached hydrogen (secondary N) is 2. The summed E-state index contributed by atoms with van der Waals surface area (Å²) in [6.07, 6.45) is 0.695. The van der Waals surface area contributed by atoms with E-state index in [-0.39, 0.29) is 25.6 Å². The van der Waals surface area contributed by atoms with E-state index in [1.165, 1.54) is 19.4 Å². The van der Waals surface area contributed by atoms with Gasteiger partial charge in [-0.25, -0.2) is 4.79 Å². The summed E-state index contributed by atoms with van der Waals surface area (Å²) in [7, 11) is 1.49. The molecule has 11 heteroatoms. The minimum atomic E-state index is -0.644. The van der Waals surface area contributed by atoms with Crippen LogP contribution in [-0.4, -0.2) is 47.0 Å². The van der Waals surface area contributed by atoms with Gasteiger partial charge in [-0.1, -0.05) is 6.07 Å². The van der Waals surface area contributed by atoms with Crippen LogP contribution in [0.4, 0.5) is 22.0 Å². The third kappa shape index (κ3) is 5.87. The van der Waals surface area contributed by atoms with E-state index in [4.69, 9.17) is 9.47 Å². The Bertz CT molecular complexity index is 790. The summed E-state index contributed by atoms with van der Waals surface area (Å²) in [6, 6.07) is 7.64. The van der Waals surface area contributed by atoms with Crippen LogP contribution in [0.3, 0.4) is 0 Å². The average Bonchev–Trinajstić information content (AvgIpc) is 3.04. The molecule has 1 aromatic heterocycles. The van der Waals surface area contributed by atoms with Crippen molar-refractivity contribution in [3.63, 3.8) is 0 Å². The number of methoxy groups -OCH3 is 1. The fourth-order valence-corrected chi connectivity index (χ4v) is 1.93. The maximum Gasteiger partial charge on any atom is 0.411 e. The zero-order valence-corrected chi connectivity index (χ0v) is 13.9. The van der Waals surface area contributed by atoms with Crippen molar-refractivity contribution in [2.24, 2.45) is 0 Å². The molecule has 0 bridgehead atoms. The monoisotopic (exact) mass is 363 g/mol. The van der Waals surface area contributed by atoms with E-state index in [1.807, 2.05) is 0 Å². The lowest BCUT2D eigenvalue weighted by Gasteiger charge is -2.09. The number of benzene rings is 1.